The molecule has 1 aromatic heterocycles. The first-order valence-corrected chi connectivity index (χ1v) is 6.07. The number of hydrogen-bond acceptors (Lipinski definition) is 1. The Kier molecular flexibility index (Phi) is 3.64. The van der Waals surface area contributed by atoms with Gasteiger partial charge in [-0.2, -0.15) is 0 Å². The normalized spacial score (nSPS) is 12.8. The molecule has 1 unspecified atom stereocenters. The highest BCUT2D eigenvalue weighted by Crippen LogP contribution is 2.37. The monoisotopic (exact) mass is 290 g/mol. The van der Waals surface area contributed by atoms with Crippen LogP contribution in [0.5, 0.6) is 0 Å². The number of hydrogen-bond donors (Lipinski definition) is 0. The third kappa shape index (κ3) is 2.38. The van der Waals surface area contributed by atoms with Gasteiger partial charge in [-0.15, -0.1) is 11.6 Å². The third-order valence-electron chi connectivity index (χ3n) is 2.67. The molecule has 2 rings (SSSR count). The predicted octanol–water partition coefficient (Wildman–Crippen LogP) is 5.16. The highest BCUT2D eigenvalue weighted by Gasteiger charge is 2.21. The molecule has 0 saturated carbocycles. The Labute approximate surface area is 113 Å². The Hall–Kier alpha value is -1.06. The van der Waals surface area contributed by atoms with Crippen molar-refractivity contribution in [1.29, 1.82) is 0 Å². The van der Waals surface area contributed by atoms with Gasteiger partial charge in [0.15, 0.2) is 11.6 Å². The zero-order valence-corrected chi connectivity index (χ0v) is 11.2. The summed E-state index contributed by atoms with van der Waals surface area (Å²) >= 11 is 12.1. The van der Waals surface area contributed by atoms with Crippen molar-refractivity contribution in [2.75, 3.05) is 0 Å². The van der Waals surface area contributed by atoms with Gasteiger partial charge >= 0.3 is 0 Å². The van der Waals surface area contributed by atoms with E-state index in [0.29, 0.717) is 22.6 Å². The van der Waals surface area contributed by atoms with Crippen LogP contribution in [0.25, 0.3) is 0 Å². The molecular weight excluding hydrogens is 281 g/mol. The maximum Gasteiger partial charge on any atom is 0.160 e. The zero-order chi connectivity index (χ0) is 13.4. The molecule has 0 N–H and O–H groups in total. The van der Waals surface area contributed by atoms with Gasteiger partial charge < -0.3 is 4.42 Å². The van der Waals surface area contributed by atoms with Crippen LogP contribution in [0.15, 0.2) is 22.6 Å². The van der Waals surface area contributed by atoms with Crippen LogP contribution in [0.1, 0.15) is 28.0 Å². The molecule has 0 aliphatic carbocycles. The standard InChI is InChI=1S/C13H10Cl2F2O/c1-6-3-8(7(2)18-6)13(15)9-4-11(16)12(17)5-10(9)14/h3-5,13H,1-2H3. The van der Waals surface area contributed by atoms with Crippen molar-refractivity contribution in [2.45, 2.75) is 19.2 Å². The van der Waals surface area contributed by atoms with E-state index in [2.05, 4.69) is 0 Å². The second-order valence-electron chi connectivity index (χ2n) is 4.02. The number of benzene rings is 1. The van der Waals surface area contributed by atoms with Gasteiger partial charge in [0, 0.05) is 10.6 Å². The minimum absolute atomic E-state index is 0.0900. The summed E-state index contributed by atoms with van der Waals surface area (Å²) in [4.78, 5) is 0. The summed E-state index contributed by atoms with van der Waals surface area (Å²) in [6.07, 6.45) is 0. The summed E-state index contributed by atoms with van der Waals surface area (Å²) in [6, 6.07) is 3.69. The van der Waals surface area contributed by atoms with Gasteiger partial charge in [-0.25, -0.2) is 8.78 Å². The summed E-state index contributed by atoms with van der Waals surface area (Å²) in [5.41, 5.74) is 1.02. The second-order valence-corrected chi connectivity index (χ2v) is 4.86. The molecule has 2 aromatic rings. The summed E-state index contributed by atoms with van der Waals surface area (Å²) < 4.78 is 31.6. The maximum absolute atomic E-state index is 13.2. The minimum atomic E-state index is -0.993. The third-order valence-corrected chi connectivity index (χ3v) is 3.46. The number of halogens is 4. The molecule has 96 valence electrons. The lowest BCUT2D eigenvalue weighted by molar-refractivity contribution is 0.500. The molecule has 0 aliphatic rings. The highest BCUT2D eigenvalue weighted by atomic mass is 35.5. The Bertz CT molecular complexity index is 593. The van der Waals surface area contributed by atoms with Crippen LogP contribution in [0.3, 0.4) is 0 Å². The van der Waals surface area contributed by atoms with E-state index in [4.69, 9.17) is 27.6 Å². The summed E-state index contributed by atoms with van der Waals surface area (Å²) in [6.45, 7) is 3.54. The van der Waals surface area contributed by atoms with E-state index < -0.39 is 17.0 Å². The van der Waals surface area contributed by atoms with E-state index >= 15 is 0 Å². The van der Waals surface area contributed by atoms with Crippen LogP contribution in [-0.2, 0) is 0 Å². The van der Waals surface area contributed by atoms with E-state index in [1.165, 1.54) is 0 Å². The molecule has 0 spiro atoms. The SMILES string of the molecule is Cc1cc(C(Cl)c2cc(F)c(F)cc2Cl)c(C)o1. The van der Waals surface area contributed by atoms with Gasteiger partial charge in [-0.05, 0) is 37.6 Å². The molecule has 0 saturated heterocycles. The van der Waals surface area contributed by atoms with Crippen molar-refractivity contribution >= 4 is 23.2 Å². The van der Waals surface area contributed by atoms with Crippen LogP contribution in [0.4, 0.5) is 8.78 Å². The smallest absolute Gasteiger partial charge is 0.160 e. The first-order chi connectivity index (χ1) is 8.40. The molecule has 0 radical (unpaired) electrons. The average molecular weight is 291 g/mol. The molecule has 0 aliphatic heterocycles. The van der Waals surface area contributed by atoms with E-state index in [-0.39, 0.29) is 5.02 Å². The Balaban J connectivity index is 2.49. The topological polar surface area (TPSA) is 13.1 Å². The lowest BCUT2D eigenvalue weighted by Gasteiger charge is -2.11. The number of alkyl halides is 1. The molecular formula is C13H10Cl2F2O. The first kappa shape index (κ1) is 13.4. The minimum Gasteiger partial charge on any atom is -0.466 e. The van der Waals surface area contributed by atoms with Gasteiger partial charge in [-0.1, -0.05) is 11.6 Å². The molecule has 1 atom stereocenters. The molecule has 0 fully saturated rings. The number of furan rings is 1. The van der Waals surface area contributed by atoms with Crippen LogP contribution in [0.2, 0.25) is 5.02 Å². The fourth-order valence-corrected chi connectivity index (χ4v) is 2.51. The van der Waals surface area contributed by atoms with E-state index in [0.717, 1.165) is 12.1 Å². The molecule has 0 amide bonds. The first-order valence-electron chi connectivity index (χ1n) is 5.25. The Morgan fingerprint density at radius 2 is 1.67 bits per heavy atom. The Morgan fingerprint density at radius 3 is 2.22 bits per heavy atom. The van der Waals surface area contributed by atoms with Crippen LogP contribution >= 0.6 is 23.2 Å². The van der Waals surface area contributed by atoms with Crippen LogP contribution in [0, 0.1) is 25.5 Å². The molecule has 1 aromatic carbocycles. The second kappa shape index (κ2) is 4.90. The summed E-state index contributed by atoms with van der Waals surface area (Å²) in [7, 11) is 0. The van der Waals surface area contributed by atoms with E-state index in [1.54, 1.807) is 19.9 Å². The van der Waals surface area contributed by atoms with E-state index in [1.807, 2.05) is 0 Å². The van der Waals surface area contributed by atoms with Gasteiger partial charge in [0.05, 0.1) is 5.38 Å². The maximum atomic E-state index is 13.2. The predicted molar refractivity (Wildman–Crippen MR) is 67.2 cm³/mol. The zero-order valence-electron chi connectivity index (χ0n) is 9.73. The quantitative estimate of drug-likeness (QED) is 0.550. The van der Waals surface area contributed by atoms with Gasteiger partial charge in [0.25, 0.3) is 0 Å². The van der Waals surface area contributed by atoms with Crippen molar-refractivity contribution in [3.8, 4) is 0 Å². The summed E-state index contributed by atoms with van der Waals surface area (Å²) in [5, 5.41) is -0.586. The van der Waals surface area contributed by atoms with Crippen molar-refractivity contribution in [2.24, 2.45) is 0 Å². The van der Waals surface area contributed by atoms with Crippen molar-refractivity contribution in [3.63, 3.8) is 0 Å². The molecule has 1 heterocycles. The number of rotatable bonds is 2. The van der Waals surface area contributed by atoms with Gasteiger partial charge in [0.1, 0.15) is 11.5 Å². The molecule has 18 heavy (non-hydrogen) atoms. The highest BCUT2D eigenvalue weighted by molar-refractivity contribution is 6.33. The lowest BCUT2D eigenvalue weighted by atomic mass is 10.0. The molecule has 1 nitrogen and oxygen atoms in total. The van der Waals surface area contributed by atoms with Crippen LogP contribution in [-0.4, -0.2) is 0 Å². The fraction of sp³-hybridized carbons (Fsp3) is 0.231. The van der Waals surface area contributed by atoms with E-state index in [9.17, 15) is 8.78 Å². The Morgan fingerprint density at radius 1 is 1.06 bits per heavy atom. The van der Waals surface area contributed by atoms with Crippen molar-refractivity contribution in [3.05, 3.63) is 57.5 Å². The average Bonchev–Trinajstić information content (AvgIpc) is 2.62. The van der Waals surface area contributed by atoms with Crippen molar-refractivity contribution < 1.29 is 13.2 Å². The van der Waals surface area contributed by atoms with Crippen LogP contribution < -0.4 is 0 Å². The van der Waals surface area contributed by atoms with Gasteiger partial charge in [0.2, 0.25) is 0 Å². The van der Waals surface area contributed by atoms with Crippen molar-refractivity contribution in [1.82, 2.24) is 0 Å². The molecule has 5 heteroatoms. The summed E-state index contributed by atoms with van der Waals surface area (Å²) in [5.74, 6) is -0.634. The lowest BCUT2D eigenvalue weighted by Crippen LogP contribution is -1.97. The number of aryl methyl sites for hydroxylation is 2. The fourth-order valence-electron chi connectivity index (χ4n) is 1.80. The molecule has 0 bridgehead atoms. The largest absolute Gasteiger partial charge is 0.466 e. The van der Waals surface area contributed by atoms with Gasteiger partial charge in [-0.3, -0.25) is 0 Å².